The lowest BCUT2D eigenvalue weighted by Crippen LogP contribution is -2.09. The Balaban J connectivity index is 2.27. The van der Waals surface area contributed by atoms with Gasteiger partial charge in [0.1, 0.15) is 17.1 Å². The van der Waals surface area contributed by atoms with Crippen molar-refractivity contribution in [2.45, 2.75) is 0 Å². The van der Waals surface area contributed by atoms with E-state index >= 15 is 0 Å². The van der Waals surface area contributed by atoms with Crippen LogP contribution in [0.1, 0.15) is 10.5 Å². The van der Waals surface area contributed by atoms with E-state index in [-0.39, 0.29) is 33.3 Å². The third kappa shape index (κ3) is 1.80. The van der Waals surface area contributed by atoms with Gasteiger partial charge < -0.3 is 19.5 Å². The number of H-pyrrole nitrogens is 2. The van der Waals surface area contributed by atoms with E-state index in [1.165, 1.54) is 30.7 Å². The maximum absolute atomic E-state index is 14.1. The number of carboxylic acids is 1. The van der Waals surface area contributed by atoms with Gasteiger partial charge in [0, 0.05) is 11.8 Å². The van der Waals surface area contributed by atoms with Crippen molar-refractivity contribution in [1.82, 2.24) is 9.97 Å². The summed E-state index contributed by atoms with van der Waals surface area (Å²) in [6.07, 6.45) is 2.77. The number of hydrogen-bond donors (Lipinski definition) is 3. The fourth-order valence-electron chi connectivity index (χ4n) is 2.81. The van der Waals surface area contributed by atoms with Crippen LogP contribution in [0.2, 0.25) is 0 Å². The fourth-order valence-corrected chi connectivity index (χ4v) is 2.81. The molecule has 0 amide bonds. The van der Waals surface area contributed by atoms with Crippen LogP contribution in [0, 0.1) is 5.82 Å². The van der Waals surface area contributed by atoms with Gasteiger partial charge in [-0.25, -0.2) is 9.18 Å². The Morgan fingerprint density at radius 3 is 2.87 bits per heavy atom. The van der Waals surface area contributed by atoms with Crippen LogP contribution in [0.4, 0.5) is 4.39 Å². The lowest BCUT2D eigenvalue weighted by Gasteiger charge is -2.02. The highest BCUT2D eigenvalue weighted by atomic mass is 19.1. The van der Waals surface area contributed by atoms with Crippen LogP contribution in [-0.2, 0) is 0 Å². The number of fused-ring (bicyclic) bond motifs is 3. The average molecular weight is 312 g/mol. The molecule has 1 aromatic carbocycles. The van der Waals surface area contributed by atoms with Gasteiger partial charge >= 0.3 is 5.97 Å². The molecule has 3 N–H and O–H groups in total. The summed E-state index contributed by atoms with van der Waals surface area (Å²) in [5.74, 6) is -1.78. The normalized spacial score (nSPS) is 11.3. The molecule has 0 saturated heterocycles. The SMILES string of the molecule is O=C(O)c1[nH]c2cc(F)c3ccoc3c2c1-c1ccc[nH]c1=O. The quantitative estimate of drug-likeness (QED) is 0.529. The zero-order valence-corrected chi connectivity index (χ0v) is 11.5. The molecule has 0 unspecified atom stereocenters. The second kappa shape index (κ2) is 4.57. The Kier molecular flexibility index (Phi) is 2.65. The lowest BCUT2D eigenvalue weighted by atomic mass is 10.0. The molecule has 0 saturated carbocycles. The minimum absolute atomic E-state index is 0.167. The van der Waals surface area contributed by atoms with Crippen LogP contribution in [0.15, 0.2) is 45.9 Å². The van der Waals surface area contributed by atoms with E-state index in [1.807, 2.05) is 0 Å². The second-order valence-corrected chi connectivity index (χ2v) is 5.04. The first-order chi connectivity index (χ1) is 11.1. The highest BCUT2D eigenvalue weighted by molar-refractivity contribution is 6.16. The van der Waals surface area contributed by atoms with Gasteiger partial charge in [-0.1, -0.05) is 0 Å². The summed E-state index contributed by atoms with van der Waals surface area (Å²) in [7, 11) is 0. The van der Waals surface area contributed by atoms with Gasteiger partial charge in [-0.05, 0) is 24.3 Å². The average Bonchev–Trinajstić information content (AvgIpc) is 3.12. The van der Waals surface area contributed by atoms with Gasteiger partial charge in [-0.3, -0.25) is 4.79 Å². The number of furan rings is 1. The van der Waals surface area contributed by atoms with Crippen molar-refractivity contribution in [2.24, 2.45) is 0 Å². The van der Waals surface area contributed by atoms with E-state index in [0.29, 0.717) is 5.39 Å². The Labute approximate surface area is 127 Å². The number of nitrogens with one attached hydrogen (secondary N) is 2. The highest BCUT2D eigenvalue weighted by Gasteiger charge is 2.24. The zero-order valence-electron chi connectivity index (χ0n) is 11.5. The molecule has 0 aliphatic rings. The van der Waals surface area contributed by atoms with E-state index in [2.05, 4.69) is 9.97 Å². The van der Waals surface area contributed by atoms with Crippen molar-refractivity contribution in [2.75, 3.05) is 0 Å². The first kappa shape index (κ1) is 13.3. The van der Waals surface area contributed by atoms with Crippen LogP contribution < -0.4 is 5.56 Å². The Bertz CT molecular complexity index is 1140. The summed E-state index contributed by atoms with van der Waals surface area (Å²) in [6.45, 7) is 0. The summed E-state index contributed by atoms with van der Waals surface area (Å²) in [5, 5.41) is 10.0. The van der Waals surface area contributed by atoms with Gasteiger partial charge in [0.2, 0.25) is 0 Å². The molecule has 0 radical (unpaired) electrons. The molecule has 0 bridgehead atoms. The van der Waals surface area contributed by atoms with Crippen LogP contribution in [0.5, 0.6) is 0 Å². The predicted molar refractivity (Wildman–Crippen MR) is 81.0 cm³/mol. The molecule has 0 spiro atoms. The third-order valence-corrected chi connectivity index (χ3v) is 3.75. The van der Waals surface area contributed by atoms with Crippen LogP contribution in [0.25, 0.3) is 33.0 Å². The van der Waals surface area contributed by atoms with E-state index in [4.69, 9.17) is 4.42 Å². The predicted octanol–water partition coefficient (Wildman–Crippen LogP) is 3.11. The minimum Gasteiger partial charge on any atom is -0.477 e. The van der Waals surface area contributed by atoms with Crippen molar-refractivity contribution < 1.29 is 18.7 Å². The Morgan fingerprint density at radius 1 is 1.30 bits per heavy atom. The number of benzene rings is 1. The first-order valence-corrected chi connectivity index (χ1v) is 6.70. The molecule has 4 aromatic rings. The molecule has 114 valence electrons. The van der Waals surface area contributed by atoms with Gasteiger partial charge in [-0.2, -0.15) is 0 Å². The third-order valence-electron chi connectivity index (χ3n) is 3.75. The molecular formula is C16H9FN2O4. The van der Waals surface area contributed by atoms with Crippen LogP contribution >= 0.6 is 0 Å². The number of aromatic carboxylic acids is 1. The number of aromatic amines is 2. The highest BCUT2D eigenvalue weighted by Crippen LogP contribution is 2.37. The van der Waals surface area contributed by atoms with E-state index in [9.17, 15) is 19.1 Å². The van der Waals surface area contributed by atoms with Crippen molar-refractivity contribution in [3.05, 3.63) is 58.6 Å². The molecule has 0 atom stereocenters. The molecule has 0 aliphatic heterocycles. The zero-order chi connectivity index (χ0) is 16.1. The van der Waals surface area contributed by atoms with E-state index in [1.54, 1.807) is 6.07 Å². The molecule has 7 heteroatoms. The summed E-state index contributed by atoms with van der Waals surface area (Å²) in [5.41, 5.74) is 0.150. The smallest absolute Gasteiger partial charge is 0.352 e. The largest absolute Gasteiger partial charge is 0.477 e. The molecule has 0 fully saturated rings. The van der Waals surface area contributed by atoms with E-state index in [0.717, 1.165) is 0 Å². The molecule has 3 heterocycles. The van der Waals surface area contributed by atoms with Gasteiger partial charge in [0.25, 0.3) is 5.56 Å². The maximum Gasteiger partial charge on any atom is 0.352 e. The monoisotopic (exact) mass is 312 g/mol. The summed E-state index contributed by atoms with van der Waals surface area (Å²) in [4.78, 5) is 28.8. The van der Waals surface area contributed by atoms with Gasteiger partial charge in [0.05, 0.1) is 28.1 Å². The maximum atomic E-state index is 14.1. The van der Waals surface area contributed by atoms with Crippen molar-refractivity contribution in [3.63, 3.8) is 0 Å². The number of carbonyl (C=O) groups is 1. The Morgan fingerprint density at radius 2 is 2.13 bits per heavy atom. The van der Waals surface area contributed by atoms with Crippen molar-refractivity contribution >= 4 is 27.8 Å². The molecule has 3 aromatic heterocycles. The summed E-state index contributed by atoms with van der Waals surface area (Å²) in [6, 6.07) is 5.74. The number of pyridine rings is 1. The lowest BCUT2D eigenvalue weighted by molar-refractivity contribution is 0.0692. The fraction of sp³-hybridized carbons (Fsp3) is 0. The van der Waals surface area contributed by atoms with Gasteiger partial charge in [0.15, 0.2) is 0 Å². The standard InChI is InChI=1S/C16H9FN2O4/c17-9-6-10-12(14-7(9)3-5-23-14)11(13(19-10)16(21)22)8-2-1-4-18-15(8)20/h1-6,19H,(H,18,20)(H,21,22). The topological polar surface area (TPSA) is 99.1 Å². The molecule has 4 rings (SSSR count). The second-order valence-electron chi connectivity index (χ2n) is 5.04. The molecule has 23 heavy (non-hydrogen) atoms. The van der Waals surface area contributed by atoms with E-state index < -0.39 is 17.3 Å². The summed E-state index contributed by atoms with van der Waals surface area (Å²) < 4.78 is 19.4. The minimum atomic E-state index is -1.25. The Hall–Kier alpha value is -3.35. The van der Waals surface area contributed by atoms with Crippen molar-refractivity contribution in [3.8, 4) is 11.1 Å². The molecule has 6 nitrogen and oxygen atoms in total. The molecule has 0 aliphatic carbocycles. The molecular weight excluding hydrogens is 303 g/mol. The number of carboxylic acid groups (broad SMARTS) is 1. The van der Waals surface area contributed by atoms with Crippen LogP contribution in [0.3, 0.4) is 0 Å². The number of rotatable bonds is 2. The number of aromatic nitrogens is 2. The first-order valence-electron chi connectivity index (χ1n) is 6.70. The summed E-state index contributed by atoms with van der Waals surface area (Å²) >= 11 is 0. The van der Waals surface area contributed by atoms with Crippen molar-refractivity contribution in [1.29, 1.82) is 0 Å². The van der Waals surface area contributed by atoms with Crippen LogP contribution in [-0.4, -0.2) is 21.0 Å². The van der Waals surface area contributed by atoms with Gasteiger partial charge in [-0.15, -0.1) is 0 Å². The number of hydrogen-bond acceptors (Lipinski definition) is 3. The number of halogens is 1.